The van der Waals surface area contributed by atoms with Crippen LogP contribution in [-0.4, -0.2) is 23.6 Å². The molecule has 0 amide bonds. The number of hydrogen-bond acceptors (Lipinski definition) is 3. The van der Waals surface area contributed by atoms with Gasteiger partial charge in [0.05, 0.1) is 5.75 Å². The van der Waals surface area contributed by atoms with Gasteiger partial charge in [0, 0.05) is 5.56 Å². The van der Waals surface area contributed by atoms with Crippen molar-refractivity contribution in [3.05, 3.63) is 35.4 Å². The smallest absolute Gasteiger partial charge is 0.280 e. The van der Waals surface area contributed by atoms with E-state index in [1.165, 1.54) is 13.0 Å². The van der Waals surface area contributed by atoms with E-state index in [0.717, 1.165) is 0 Å². The van der Waals surface area contributed by atoms with Gasteiger partial charge in [-0.05, 0) is 12.5 Å². The van der Waals surface area contributed by atoms with Crippen LogP contribution in [0, 0.1) is 6.92 Å². The molecule has 0 aliphatic heterocycles. The number of rotatable bonds is 4. The van der Waals surface area contributed by atoms with Gasteiger partial charge in [0.1, 0.15) is 0 Å². The molecule has 0 atom stereocenters. The zero-order valence-corrected chi connectivity index (χ0v) is 11.7. The molecule has 17 heavy (non-hydrogen) atoms. The standard InChI is InChI=1S/C11H12Cl2O3S/c1-3-17(15,16)11(12,13)10(14)9-7-5-4-6-8(9)2/h4-7H,3H2,1-2H3. The summed E-state index contributed by atoms with van der Waals surface area (Å²) in [7, 11) is -3.88. The van der Waals surface area contributed by atoms with Crippen molar-refractivity contribution in [2.75, 3.05) is 5.75 Å². The molecule has 1 aromatic carbocycles. The van der Waals surface area contributed by atoms with Crippen LogP contribution in [0.5, 0.6) is 0 Å². The fourth-order valence-electron chi connectivity index (χ4n) is 1.31. The van der Waals surface area contributed by atoms with Crippen LogP contribution in [0.2, 0.25) is 0 Å². The minimum absolute atomic E-state index is 0.217. The van der Waals surface area contributed by atoms with Gasteiger partial charge in [0.2, 0.25) is 5.78 Å². The number of ketones is 1. The van der Waals surface area contributed by atoms with Crippen molar-refractivity contribution in [2.24, 2.45) is 0 Å². The van der Waals surface area contributed by atoms with Crippen LogP contribution < -0.4 is 0 Å². The zero-order valence-electron chi connectivity index (χ0n) is 9.41. The Labute approximate surface area is 111 Å². The molecular formula is C11H12Cl2O3S. The van der Waals surface area contributed by atoms with Crippen molar-refractivity contribution in [3.63, 3.8) is 0 Å². The van der Waals surface area contributed by atoms with Crippen molar-refractivity contribution < 1.29 is 13.2 Å². The second-order valence-corrected chi connectivity index (χ2v) is 7.76. The van der Waals surface area contributed by atoms with Gasteiger partial charge in [-0.1, -0.05) is 54.4 Å². The number of hydrogen-bond donors (Lipinski definition) is 0. The number of Topliss-reactive ketones (excluding diaryl/α,β-unsaturated/α-hetero) is 1. The van der Waals surface area contributed by atoms with Gasteiger partial charge in [-0.15, -0.1) is 0 Å². The largest absolute Gasteiger partial charge is 0.290 e. The molecule has 3 nitrogen and oxygen atoms in total. The lowest BCUT2D eigenvalue weighted by molar-refractivity contribution is 0.0995. The fraction of sp³-hybridized carbons (Fsp3) is 0.364. The Morgan fingerprint density at radius 2 is 1.82 bits per heavy atom. The Balaban J connectivity index is 3.28. The molecule has 0 heterocycles. The first kappa shape index (κ1) is 14.5. The fourth-order valence-corrected chi connectivity index (χ4v) is 2.92. The van der Waals surface area contributed by atoms with Gasteiger partial charge in [0.25, 0.3) is 3.67 Å². The van der Waals surface area contributed by atoms with Crippen molar-refractivity contribution >= 4 is 38.8 Å². The highest BCUT2D eigenvalue weighted by atomic mass is 35.5. The van der Waals surface area contributed by atoms with Gasteiger partial charge >= 0.3 is 0 Å². The molecule has 0 unspecified atom stereocenters. The average Bonchev–Trinajstić information content (AvgIpc) is 2.28. The molecule has 0 bridgehead atoms. The highest BCUT2D eigenvalue weighted by molar-refractivity contribution is 7.96. The molecule has 6 heteroatoms. The Morgan fingerprint density at radius 1 is 1.29 bits per heavy atom. The number of benzene rings is 1. The second kappa shape index (κ2) is 4.96. The summed E-state index contributed by atoms with van der Waals surface area (Å²) >= 11 is 11.4. The SMILES string of the molecule is CCS(=O)(=O)C(Cl)(Cl)C(=O)c1ccccc1C. The number of sulfone groups is 1. The van der Waals surface area contributed by atoms with Gasteiger partial charge in [-0.25, -0.2) is 8.42 Å². The van der Waals surface area contributed by atoms with Gasteiger partial charge in [-0.3, -0.25) is 4.79 Å². The molecular weight excluding hydrogens is 283 g/mol. The maximum atomic E-state index is 12.0. The quantitative estimate of drug-likeness (QED) is 0.634. The average molecular weight is 295 g/mol. The van der Waals surface area contributed by atoms with E-state index in [2.05, 4.69) is 0 Å². The second-order valence-electron chi connectivity index (χ2n) is 3.56. The normalized spacial score (nSPS) is 12.5. The van der Waals surface area contributed by atoms with Crippen LogP contribution >= 0.6 is 23.2 Å². The lowest BCUT2D eigenvalue weighted by atomic mass is 10.1. The molecule has 1 rings (SSSR count). The van der Waals surface area contributed by atoms with E-state index in [1.54, 1.807) is 25.1 Å². The first-order valence-corrected chi connectivity index (χ1v) is 7.35. The molecule has 0 fully saturated rings. The number of aryl methyl sites for hydroxylation is 1. The first-order valence-electron chi connectivity index (χ1n) is 4.94. The molecule has 0 radical (unpaired) electrons. The minimum atomic E-state index is -3.88. The number of alkyl halides is 2. The van der Waals surface area contributed by atoms with Crippen LogP contribution in [-0.2, 0) is 9.84 Å². The van der Waals surface area contributed by atoms with Gasteiger partial charge < -0.3 is 0 Å². The van der Waals surface area contributed by atoms with E-state index in [-0.39, 0.29) is 11.3 Å². The number of halogens is 2. The number of carbonyl (C=O) groups excluding carboxylic acids is 1. The van der Waals surface area contributed by atoms with E-state index in [1.807, 2.05) is 0 Å². The topological polar surface area (TPSA) is 51.2 Å². The van der Waals surface area contributed by atoms with Crippen LogP contribution in [0.1, 0.15) is 22.8 Å². The maximum absolute atomic E-state index is 12.0. The molecule has 1 aromatic rings. The summed E-state index contributed by atoms with van der Waals surface area (Å²) in [5.74, 6) is -1.10. The summed E-state index contributed by atoms with van der Waals surface area (Å²) in [6.07, 6.45) is 0. The molecule has 0 aliphatic rings. The lowest BCUT2D eigenvalue weighted by Crippen LogP contribution is -2.37. The predicted octanol–water partition coefficient (Wildman–Crippen LogP) is 2.74. The summed E-state index contributed by atoms with van der Waals surface area (Å²) in [4.78, 5) is 12.0. The summed E-state index contributed by atoms with van der Waals surface area (Å²) in [6, 6.07) is 6.56. The summed E-state index contributed by atoms with van der Waals surface area (Å²) in [6.45, 7) is 3.08. The van der Waals surface area contributed by atoms with Gasteiger partial charge in [-0.2, -0.15) is 0 Å². The molecule has 0 spiro atoms. The third-order valence-electron chi connectivity index (χ3n) is 2.42. The summed E-state index contributed by atoms with van der Waals surface area (Å²) in [5, 5.41) is 0. The van der Waals surface area contributed by atoms with Crippen LogP contribution in [0.3, 0.4) is 0 Å². The highest BCUT2D eigenvalue weighted by Gasteiger charge is 2.46. The van der Waals surface area contributed by atoms with E-state index >= 15 is 0 Å². The Hall–Kier alpha value is -0.580. The van der Waals surface area contributed by atoms with E-state index in [0.29, 0.717) is 5.56 Å². The van der Waals surface area contributed by atoms with E-state index in [4.69, 9.17) is 23.2 Å². The maximum Gasteiger partial charge on any atom is 0.280 e. The molecule has 0 N–H and O–H groups in total. The molecule has 0 saturated heterocycles. The van der Waals surface area contributed by atoms with Crippen molar-refractivity contribution in [2.45, 2.75) is 17.5 Å². The summed E-state index contributed by atoms with van der Waals surface area (Å²) in [5.41, 5.74) is 0.851. The monoisotopic (exact) mass is 294 g/mol. The number of carbonyl (C=O) groups is 1. The van der Waals surface area contributed by atoms with Crippen LogP contribution in [0.25, 0.3) is 0 Å². The van der Waals surface area contributed by atoms with Crippen LogP contribution in [0.4, 0.5) is 0 Å². The van der Waals surface area contributed by atoms with Crippen molar-refractivity contribution in [1.29, 1.82) is 0 Å². The first-order chi connectivity index (χ1) is 7.74. The molecule has 0 aromatic heterocycles. The van der Waals surface area contributed by atoms with Crippen molar-refractivity contribution in [3.8, 4) is 0 Å². The van der Waals surface area contributed by atoms with Crippen molar-refractivity contribution in [1.82, 2.24) is 0 Å². The lowest BCUT2D eigenvalue weighted by Gasteiger charge is -2.18. The van der Waals surface area contributed by atoms with E-state index in [9.17, 15) is 13.2 Å². The predicted molar refractivity (Wildman–Crippen MR) is 69.4 cm³/mol. The minimum Gasteiger partial charge on any atom is -0.290 e. The third-order valence-corrected chi connectivity index (χ3v) is 5.91. The molecule has 0 saturated carbocycles. The Bertz CT molecular complexity index is 535. The molecule has 0 aliphatic carbocycles. The third kappa shape index (κ3) is 2.64. The Morgan fingerprint density at radius 3 is 2.29 bits per heavy atom. The highest BCUT2D eigenvalue weighted by Crippen LogP contribution is 2.33. The van der Waals surface area contributed by atoms with Gasteiger partial charge in [0.15, 0.2) is 9.84 Å². The Kier molecular flexibility index (Phi) is 4.23. The summed E-state index contributed by atoms with van der Waals surface area (Å²) < 4.78 is 20.9. The molecule has 94 valence electrons. The zero-order chi connectivity index (χ0) is 13.3. The van der Waals surface area contributed by atoms with Crippen LogP contribution in [0.15, 0.2) is 24.3 Å². The van der Waals surface area contributed by atoms with E-state index < -0.39 is 19.3 Å².